The normalized spacial score (nSPS) is 21.6. The lowest BCUT2D eigenvalue weighted by Gasteiger charge is -2.50. The molecule has 2 nitrogen and oxygen atoms in total. The molecule has 0 radical (unpaired) electrons. The minimum atomic E-state index is -0.236. The van der Waals surface area contributed by atoms with Crippen LogP contribution in [0.1, 0.15) is 213 Å². The Morgan fingerprint density at radius 2 is 1.01 bits per heavy atom. The van der Waals surface area contributed by atoms with Gasteiger partial charge in [0.05, 0.1) is 28.4 Å². The highest BCUT2D eigenvalue weighted by molar-refractivity contribution is 6.06. The van der Waals surface area contributed by atoms with Crippen molar-refractivity contribution in [3.05, 3.63) is 199 Å². The Balaban J connectivity index is 1.14. The van der Waals surface area contributed by atoms with Gasteiger partial charge in [-0.3, -0.25) is 0 Å². The van der Waals surface area contributed by atoms with Gasteiger partial charge < -0.3 is 9.80 Å². The first-order chi connectivity index (χ1) is 34.2. The van der Waals surface area contributed by atoms with Crippen molar-refractivity contribution in [2.45, 2.75) is 187 Å². The van der Waals surface area contributed by atoms with E-state index >= 15 is 0 Å². The molecule has 0 saturated heterocycles. The second-order valence-electron chi connectivity index (χ2n) is 28.4. The number of benzene rings is 7. The molecule has 0 saturated carbocycles. The number of hydrogen-bond donors (Lipinski definition) is 0. The zero-order chi connectivity index (χ0) is 51.5. The van der Waals surface area contributed by atoms with E-state index in [9.17, 15) is 0 Å². The molecule has 0 bridgehead atoms. The maximum absolute atomic E-state index is 2.74. The van der Waals surface area contributed by atoms with Crippen molar-refractivity contribution in [3.8, 4) is 0 Å². The van der Waals surface area contributed by atoms with Crippen LogP contribution in [0.2, 0.25) is 0 Å². The van der Waals surface area contributed by atoms with E-state index in [0.717, 1.165) is 6.42 Å². The smallest absolute Gasteiger partial charge is 0.0542 e. The third-order valence-corrected chi connectivity index (χ3v) is 20.0. The number of allylic oxidation sites excluding steroid dienone is 1. The number of hydrogen-bond acceptors (Lipinski definition) is 2. The summed E-state index contributed by atoms with van der Waals surface area (Å²) in [5, 5.41) is 2.54. The van der Waals surface area contributed by atoms with Crippen LogP contribution < -0.4 is 9.80 Å². The topological polar surface area (TPSA) is 6.48 Å². The van der Waals surface area contributed by atoms with E-state index in [1.54, 1.807) is 11.1 Å². The molecule has 7 aromatic rings. The predicted octanol–water partition coefficient (Wildman–Crippen LogP) is 19.1. The summed E-state index contributed by atoms with van der Waals surface area (Å²) in [5.41, 5.74) is 29.8. The van der Waals surface area contributed by atoms with Crippen molar-refractivity contribution >= 4 is 44.9 Å². The molecule has 0 N–H and O–H groups in total. The Kier molecular flexibility index (Phi) is 9.45. The molecular weight excluding hydrogens is 881 g/mol. The molecule has 372 valence electrons. The third-order valence-electron chi connectivity index (χ3n) is 20.0. The summed E-state index contributed by atoms with van der Waals surface area (Å²) >= 11 is 0. The molecule has 0 spiro atoms. The second-order valence-corrected chi connectivity index (χ2v) is 28.4. The van der Waals surface area contributed by atoms with E-state index < -0.39 is 0 Å². The first kappa shape index (κ1) is 46.9. The quantitative estimate of drug-likeness (QED) is 0.170. The van der Waals surface area contributed by atoms with Gasteiger partial charge in [0.15, 0.2) is 0 Å². The summed E-state index contributed by atoms with van der Waals surface area (Å²) in [5.74, 6) is 0.0606. The van der Waals surface area contributed by atoms with Gasteiger partial charge in [0.25, 0.3) is 0 Å². The monoisotopic (exact) mass is 959 g/mol. The van der Waals surface area contributed by atoms with Crippen molar-refractivity contribution in [2.24, 2.45) is 0 Å². The molecule has 0 amide bonds. The highest BCUT2D eigenvalue weighted by Gasteiger charge is 2.51. The molecule has 13 rings (SSSR count). The molecule has 0 fully saturated rings. The molecule has 2 aliphatic heterocycles. The van der Waals surface area contributed by atoms with Crippen molar-refractivity contribution in [3.63, 3.8) is 0 Å². The van der Waals surface area contributed by atoms with Gasteiger partial charge in [0, 0.05) is 38.9 Å². The Hall–Kier alpha value is -5.86. The van der Waals surface area contributed by atoms with Gasteiger partial charge in [-0.05, 0) is 186 Å². The van der Waals surface area contributed by atoms with Gasteiger partial charge in [-0.2, -0.15) is 0 Å². The largest absolute Gasteiger partial charge is 0.309 e. The van der Waals surface area contributed by atoms with Crippen LogP contribution in [-0.2, 0) is 44.3 Å². The predicted molar refractivity (Wildman–Crippen MR) is 311 cm³/mol. The van der Waals surface area contributed by atoms with Crippen LogP contribution in [0.4, 0.5) is 28.4 Å². The summed E-state index contributed by atoms with van der Waals surface area (Å²) in [4.78, 5) is 5.45. The average molecular weight is 959 g/mol. The fraction of sp³-hybridized carbons (Fsp3) is 0.408. The summed E-state index contributed by atoms with van der Waals surface area (Å²) in [6.45, 7) is 39.4. The first-order valence-corrected chi connectivity index (χ1v) is 27.8. The summed E-state index contributed by atoms with van der Waals surface area (Å²) in [6, 6.07) is 46.9. The van der Waals surface area contributed by atoms with E-state index in [0.29, 0.717) is 0 Å². The molecule has 2 heterocycles. The molecule has 0 aromatic heterocycles. The highest BCUT2D eigenvalue weighted by Crippen LogP contribution is 2.65. The third kappa shape index (κ3) is 6.47. The SMILES string of the molecule is Cc1cc2c3c(c1)N(c1cccc4ccccc14)c1cc4c(cc1C3C1=C(c3cc(C(C)(C)C)ccc3C1)N2c1ccc2c(c1)C(C)(C)CCC2(C)C)C(C)(C)c1cc2c(cc1C4(C)C)C(C)(C)CCC2(C)C. The fourth-order valence-corrected chi connectivity index (χ4v) is 15.2. The molecule has 1 atom stereocenters. The standard InChI is InChI=1S/C71H78N2/c1-41-32-60-63-61(33-41)73(58-23-19-21-42-20-17-18-22-46(42)58)59-40-57-54(70(13,14)55-38-52-53(39-56(55)71(57,15)16)69(11,12)31-30-68(52,9)10)37-48(59)62(63)49-34-43-24-25-44(65(2,3)4)35-47(43)64(49)72(60)45-26-27-50-51(36-45)67(7,8)29-28-66(50,5)6/h17-27,32-33,35-40,62H,28-31,34H2,1-16H3. The average Bonchev–Trinajstić information content (AvgIpc) is 3.71. The lowest BCUT2D eigenvalue weighted by atomic mass is 9.55. The minimum Gasteiger partial charge on any atom is -0.309 e. The number of fused-ring (bicyclic) bond motifs is 10. The van der Waals surface area contributed by atoms with E-state index in [1.807, 2.05) is 0 Å². The zero-order valence-electron chi connectivity index (χ0n) is 47.0. The summed E-state index contributed by atoms with van der Waals surface area (Å²) in [7, 11) is 0. The minimum absolute atomic E-state index is 0.00921. The van der Waals surface area contributed by atoms with E-state index in [2.05, 4.69) is 236 Å². The van der Waals surface area contributed by atoms with Crippen LogP contribution in [0.25, 0.3) is 16.5 Å². The lowest BCUT2D eigenvalue weighted by molar-refractivity contribution is 0.329. The molecule has 6 aliphatic rings. The molecular formula is C71H78N2. The van der Waals surface area contributed by atoms with Gasteiger partial charge in [-0.15, -0.1) is 0 Å². The molecule has 4 aliphatic carbocycles. The summed E-state index contributed by atoms with van der Waals surface area (Å²) in [6.07, 6.45) is 5.72. The molecule has 73 heavy (non-hydrogen) atoms. The van der Waals surface area contributed by atoms with Gasteiger partial charge in [0.2, 0.25) is 0 Å². The van der Waals surface area contributed by atoms with Crippen molar-refractivity contribution < 1.29 is 0 Å². The highest BCUT2D eigenvalue weighted by atomic mass is 15.2. The van der Waals surface area contributed by atoms with E-state index in [1.165, 1.54) is 143 Å². The van der Waals surface area contributed by atoms with Gasteiger partial charge in [0.1, 0.15) is 0 Å². The lowest BCUT2D eigenvalue weighted by Crippen LogP contribution is -2.41. The number of nitrogens with zero attached hydrogens (tertiary/aromatic N) is 2. The van der Waals surface area contributed by atoms with E-state index in [-0.39, 0.29) is 43.8 Å². The van der Waals surface area contributed by atoms with Crippen LogP contribution in [0, 0.1) is 6.92 Å². The second kappa shape index (κ2) is 14.7. The number of rotatable bonds is 2. The molecule has 2 heteroatoms. The van der Waals surface area contributed by atoms with E-state index in [4.69, 9.17) is 0 Å². The maximum atomic E-state index is 2.74. The fourth-order valence-electron chi connectivity index (χ4n) is 15.2. The van der Waals surface area contributed by atoms with Gasteiger partial charge in [-0.25, -0.2) is 0 Å². The Morgan fingerprint density at radius 3 is 1.64 bits per heavy atom. The van der Waals surface area contributed by atoms with Crippen LogP contribution in [0.15, 0.2) is 121 Å². The number of aryl methyl sites for hydroxylation is 1. The first-order valence-electron chi connectivity index (χ1n) is 27.8. The van der Waals surface area contributed by atoms with Crippen molar-refractivity contribution in [1.29, 1.82) is 0 Å². The Morgan fingerprint density at radius 1 is 0.466 bits per heavy atom. The molecule has 7 aromatic carbocycles. The van der Waals surface area contributed by atoms with Crippen molar-refractivity contribution in [2.75, 3.05) is 9.80 Å². The van der Waals surface area contributed by atoms with Crippen LogP contribution in [0.3, 0.4) is 0 Å². The van der Waals surface area contributed by atoms with Crippen LogP contribution >= 0.6 is 0 Å². The Bertz CT molecular complexity index is 3600. The molecule has 1 unspecified atom stereocenters. The Labute approximate surface area is 438 Å². The summed E-state index contributed by atoms with van der Waals surface area (Å²) < 4.78 is 0. The van der Waals surface area contributed by atoms with Gasteiger partial charge in [-0.1, -0.05) is 177 Å². The van der Waals surface area contributed by atoms with Crippen LogP contribution in [0.5, 0.6) is 0 Å². The van der Waals surface area contributed by atoms with Gasteiger partial charge >= 0.3 is 0 Å². The van der Waals surface area contributed by atoms with Crippen molar-refractivity contribution in [1.82, 2.24) is 0 Å². The van der Waals surface area contributed by atoms with Crippen LogP contribution in [-0.4, -0.2) is 0 Å². The zero-order valence-corrected chi connectivity index (χ0v) is 47.0. The maximum Gasteiger partial charge on any atom is 0.0542 e. The number of anilines is 5.